The summed E-state index contributed by atoms with van der Waals surface area (Å²) in [4.78, 5) is 7.38. The molecule has 0 saturated carbocycles. The van der Waals surface area contributed by atoms with Crippen LogP contribution < -0.4 is 4.72 Å². The maximum Gasteiger partial charge on any atom is 0.231 e. The van der Waals surface area contributed by atoms with E-state index in [1.165, 1.54) is 12.1 Å². The van der Waals surface area contributed by atoms with E-state index >= 15 is 4.39 Å². The highest BCUT2D eigenvalue weighted by molar-refractivity contribution is 7.77. The molecular weight excluding hydrogens is 384 g/mol. The van der Waals surface area contributed by atoms with Crippen molar-refractivity contribution in [3.05, 3.63) is 66.0 Å². The topological polar surface area (TPSA) is 78.0 Å². The Morgan fingerprint density at radius 1 is 1.14 bits per heavy atom. The smallest absolute Gasteiger partial charge is 0.231 e. The number of hydrogen-bond acceptors (Lipinski definition) is 2. The molecule has 3 N–H and O–H groups in total. The lowest BCUT2D eigenvalue weighted by Gasteiger charge is -2.11. The predicted molar refractivity (Wildman–Crippen MR) is 106 cm³/mol. The van der Waals surface area contributed by atoms with Crippen LogP contribution in [0.2, 0.25) is 0 Å². The molecule has 4 rings (SSSR count). The minimum Gasteiger partial charge on any atom is -0.346 e. The molecule has 5 nitrogen and oxygen atoms in total. The molecule has 2 aromatic heterocycles. The quantitative estimate of drug-likeness (QED) is 0.333. The van der Waals surface area contributed by atoms with Gasteiger partial charge in [0.1, 0.15) is 17.3 Å². The molecule has 0 aliphatic heterocycles. The highest BCUT2D eigenvalue weighted by atomic mass is 32.2. The Hall–Kier alpha value is -2.68. The monoisotopic (exact) mass is 401 g/mol. The van der Waals surface area contributed by atoms with E-state index in [0.717, 1.165) is 21.8 Å². The molecule has 2 aromatic carbocycles. The third kappa shape index (κ3) is 3.54. The first-order valence-corrected chi connectivity index (χ1v) is 9.83. The average Bonchev–Trinajstić information content (AvgIpc) is 3.15. The van der Waals surface area contributed by atoms with Crippen molar-refractivity contribution in [2.45, 2.75) is 12.8 Å². The van der Waals surface area contributed by atoms with Crippen LogP contribution in [0.25, 0.3) is 32.9 Å². The predicted octanol–water partition coefficient (Wildman–Crippen LogP) is 4.32. The average molecular weight is 401 g/mol. The molecule has 8 heteroatoms. The molecule has 1 atom stereocenters. The van der Waals surface area contributed by atoms with Crippen molar-refractivity contribution in [3.63, 3.8) is 0 Å². The summed E-state index contributed by atoms with van der Waals surface area (Å²) >= 11 is -2.10. The Kier molecular flexibility index (Phi) is 5.17. The molecule has 0 aliphatic carbocycles. The number of aromatic amines is 1. The molecule has 1 unspecified atom stereocenters. The molecule has 0 saturated heterocycles. The van der Waals surface area contributed by atoms with Gasteiger partial charge in [-0.3, -0.25) is 4.55 Å². The third-order valence-electron chi connectivity index (χ3n) is 4.71. The van der Waals surface area contributed by atoms with Crippen molar-refractivity contribution in [1.29, 1.82) is 0 Å². The van der Waals surface area contributed by atoms with Gasteiger partial charge in [-0.15, -0.1) is 0 Å². The maximum atomic E-state index is 15.0. The first-order chi connectivity index (χ1) is 13.5. The SMILES string of the molecule is O=S(O)NCCCc1ccc(F)c(-c2ccc3c(cnc4[nH]ccc43)c2)c1F. The van der Waals surface area contributed by atoms with Gasteiger partial charge in [0.15, 0.2) is 0 Å². The van der Waals surface area contributed by atoms with Crippen molar-refractivity contribution in [2.24, 2.45) is 0 Å². The minimum absolute atomic E-state index is 0.0766. The van der Waals surface area contributed by atoms with Crippen LogP contribution in [0.1, 0.15) is 12.0 Å². The Bertz CT molecular complexity index is 1190. The van der Waals surface area contributed by atoms with E-state index in [1.54, 1.807) is 24.5 Å². The van der Waals surface area contributed by atoms with Crippen LogP contribution in [0.15, 0.2) is 48.8 Å². The normalized spacial score (nSPS) is 12.7. The van der Waals surface area contributed by atoms with Gasteiger partial charge in [0.2, 0.25) is 11.3 Å². The zero-order chi connectivity index (χ0) is 19.7. The molecular formula is C20H17F2N3O2S. The van der Waals surface area contributed by atoms with E-state index in [1.807, 2.05) is 12.1 Å². The lowest BCUT2D eigenvalue weighted by atomic mass is 9.97. The second kappa shape index (κ2) is 7.75. The Morgan fingerprint density at radius 2 is 2.00 bits per heavy atom. The Balaban J connectivity index is 1.70. The van der Waals surface area contributed by atoms with Gasteiger partial charge in [-0.2, -0.15) is 0 Å². The Labute approximate surface area is 162 Å². The van der Waals surface area contributed by atoms with Crippen molar-refractivity contribution in [3.8, 4) is 11.1 Å². The van der Waals surface area contributed by atoms with Crippen molar-refractivity contribution < 1.29 is 17.5 Å². The first kappa shape index (κ1) is 18.7. The van der Waals surface area contributed by atoms with Crippen LogP contribution in [0.4, 0.5) is 8.78 Å². The molecule has 28 heavy (non-hydrogen) atoms. The van der Waals surface area contributed by atoms with Gasteiger partial charge >= 0.3 is 0 Å². The standard InChI is InChI=1S/C20H17F2N3O2S/c21-17-6-4-12(2-1-8-25-28(26)27)19(22)18(17)13-3-5-15-14(10-13)11-24-20-16(15)7-9-23-20/h3-7,9-11,25H,1-2,8H2,(H,23,24)(H,26,27). The molecule has 0 spiro atoms. The van der Waals surface area contributed by atoms with Gasteiger partial charge in [0.25, 0.3) is 0 Å². The van der Waals surface area contributed by atoms with Crippen LogP contribution in [-0.2, 0) is 17.7 Å². The number of halogens is 2. The molecule has 144 valence electrons. The number of fused-ring (bicyclic) bond motifs is 3. The lowest BCUT2D eigenvalue weighted by Crippen LogP contribution is -2.18. The number of nitrogens with zero attached hydrogens (tertiary/aromatic N) is 1. The highest BCUT2D eigenvalue weighted by Crippen LogP contribution is 2.32. The van der Waals surface area contributed by atoms with Gasteiger partial charge in [-0.1, -0.05) is 18.2 Å². The number of pyridine rings is 1. The van der Waals surface area contributed by atoms with E-state index in [4.69, 9.17) is 4.55 Å². The summed E-state index contributed by atoms with van der Waals surface area (Å²) in [5.74, 6) is -1.24. The summed E-state index contributed by atoms with van der Waals surface area (Å²) < 4.78 is 51.1. The summed E-state index contributed by atoms with van der Waals surface area (Å²) in [7, 11) is 0. The number of aromatic nitrogens is 2. The minimum atomic E-state index is -2.10. The highest BCUT2D eigenvalue weighted by Gasteiger charge is 2.16. The maximum absolute atomic E-state index is 15.0. The van der Waals surface area contributed by atoms with E-state index in [2.05, 4.69) is 14.7 Å². The van der Waals surface area contributed by atoms with Crippen LogP contribution in [0, 0.1) is 11.6 Å². The van der Waals surface area contributed by atoms with Crippen LogP contribution in [0.3, 0.4) is 0 Å². The van der Waals surface area contributed by atoms with Crippen molar-refractivity contribution in [2.75, 3.05) is 6.54 Å². The fraction of sp³-hybridized carbons (Fsp3) is 0.150. The summed E-state index contributed by atoms with van der Waals surface area (Å²) in [5, 5.41) is 2.70. The second-order valence-electron chi connectivity index (χ2n) is 6.44. The van der Waals surface area contributed by atoms with E-state index in [0.29, 0.717) is 24.0 Å². The summed E-state index contributed by atoms with van der Waals surface area (Å²) in [6.07, 6.45) is 4.25. The second-order valence-corrected chi connectivity index (χ2v) is 7.23. The number of aryl methyl sites for hydroxylation is 1. The van der Waals surface area contributed by atoms with Gasteiger partial charge < -0.3 is 4.98 Å². The summed E-state index contributed by atoms with van der Waals surface area (Å²) in [6.45, 7) is 0.254. The zero-order valence-electron chi connectivity index (χ0n) is 14.7. The number of rotatable bonds is 6. The van der Waals surface area contributed by atoms with Gasteiger partial charge in [-0.25, -0.2) is 22.7 Å². The fourth-order valence-electron chi connectivity index (χ4n) is 3.38. The zero-order valence-corrected chi connectivity index (χ0v) is 15.5. The first-order valence-electron chi connectivity index (χ1n) is 8.72. The molecule has 4 aromatic rings. The van der Waals surface area contributed by atoms with E-state index < -0.39 is 22.9 Å². The van der Waals surface area contributed by atoms with E-state index in [-0.39, 0.29) is 12.1 Å². The number of benzene rings is 2. The van der Waals surface area contributed by atoms with Gasteiger partial charge in [0.05, 0.1) is 5.56 Å². The summed E-state index contributed by atoms with van der Waals surface area (Å²) in [5.41, 5.74) is 1.49. The number of nitrogens with one attached hydrogen (secondary N) is 2. The number of hydrogen-bond donors (Lipinski definition) is 3. The Morgan fingerprint density at radius 3 is 2.82 bits per heavy atom. The van der Waals surface area contributed by atoms with Crippen molar-refractivity contribution >= 4 is 33.1 Å². The number of H-pyrrole nitrogens is 1. The van der Waals surface area contributed by atoms with Crippen LogP contribution in [-0.4, -0.2) is 25.3 Å². The fourth-order valence-corrected chi connectivity index (χ4v) is 3.70. The van der Waals surface area contributed by atoms with Crippen molar-refractivity contribution in [1.82, 2.24) is 14.7 Å². The summed E-state index contributed by atoms with van der Waals surface area (Å²) in [6, 6.07) is 9.86. The molecule has 0 bridgehead atoms. The third-order valence-corrected chi connectivity index (χ3v) is 5.16. The largest absolute Gasteiger partial charge is 0.346 e. The van der Waals surface area contributed by atoms with Gasteiger partial charge in [0, 0.05) is 29.7 Å². The van der Waals surface area contributed by atoms with Crippen LogP contribution in [0.5, 0.6) is 0 Å². The van der Waals surface area contributed by atoms with E-state index in [9.17, 15) is 8.60 Å². The molecule has 0 fully saturated rings. The molecule has 2 heterocycles. The van der Waals surface area contributed by atoms with Gasteiger partial charge in [-0.05, 0) is 47.6 Å². The molecule has 0 aliphatic rings. The molecule has 0 amide bonds. The molecule has 0 radical (unpaired) electrons. The van der Waals surface area contributed by atoms with Crippen LogP contribution >= 0.6 is 0 Å². The lowest BCUT2D eigenvalue weighted by molar-refractivity contribution is 0.545.